The van der Waals surface area contributed by atoms with Crippen molar-refractivity contribution in [3.63, 3.8) is 0 Å². The Balaban J connectivity index is 1.86. The van der Waals surface area contributed by atoms with Gasteiger partial charge in [0.15, 0.2) is 0 Å². The molecule has 1 amide bonds. The molecule has 0 aliphatic carbocycles. The van der Waals surface area contributed by atoms with Crippen LogP contribution in [-0.2, 0) is 4.74 Å². The third-order valence-corrected chi connectivity index (χ3v) is 5.24. The summed E-state index contributed by atoms with van der Waals surface area (Å²) >= 11 is 2.58. The molecule has 2 aliphatic heterocycles. The summed E-state index contributed by atoms with van der Waals surface area (Å²) in [6.45, 7) is 1.70. The van der Waals surface area contributed by atoms with Crippen LogP contribution in [0.25, 0.3) is 0 Å². The van der Waals surface area contributed by atoms with Gasteiger partial charge in [-0.2, -0.15) is 0 Å². The second-order valence-corrected chi connectivity index (χ2v) is 6.89. The molecule has 0 radical (unpaired) electrons. The highest BCUT2D eigenvalue weighted by Gasteiger charge is 2.47. The van der Waals surface area contributed by atoms with Crippen molar-refractivity contribution in [2.24, 2.45) is 0 Å². The average Bonchev–Trinajstić information content (AvgIpc) is 2.72. The Bertz CT molecular complexity index is 285. The summed E-state index contributed by atoms with van der Waals surface area (Å²) in [6.07, 6.45) is 4.72. The van der Waals surface area contributed by atoms with Crippen molar-refractivity contribution >= 4 is 28.7 Å². The number of hydrogen-bond acceptors (Lipinski definition) is 3. The number of hydrogen-bond donors (Lipinski definition) is 0. The van der Waals surface area contributed by atoms with Gasteiger partial charge in [-0.05, 0) is 32.2 Å². The van der Waals surface area contributed by atoms with Crippen LogP contribution in [0.2, 0.25) is 0 Å². The fourth-order valence-electron chi connectivity index (χ4n) is 2.66. The van der Waals surface area contributed by atoms with Gasteiger partial charge in [0.05, 0.1) is 3.55 Å². The van der Waals surface area contributed by atoms with E-state index in [2.05, 4.69) is 27.5 Å². The quantitative estimate of drug-likeness (QED) is 0.439. The van der Waals surface area contributed by atoms with E-state index in [4.69, 9.17) is 4.74 Å². The van der Waals surface area contributed by atoms with Gasteiger partial charge in [0.1, 0.15) is 6.61 Å². The molecule has 4 nitrogen and oxygen atoms in total. The number of fused-ring (bicyclic) bond motifs is 1. The maximum atomic E-state index is 11.4. The average molecular weight is 338 g/mol. The van der Waals surface area contributed by atoms with E-state index < -0.39 is 0 Å². The minimum atomic E-state index is -0.231. The molecular formula is C11H19IN2O2. The second kappa shape index (κ2) is 4.68. The third kappa shape index (κ3) is 2.30. The molecule has 0 aromatic rings. The maximum Gasteiger partial charge on any atom is 0.409 e. The van der Waals surface area contributed by atoms with Gasteiger partial charge in [0.25, 0.3) is 0 Å². The van der Waals surface area contributed by atoms with E-state index in [0.717, 1.165) is 13.0 Å². The first-order valence-corrected chi connectivity index (χ1v) is 6.90. The Hall–Kier alpha value is -0.0400. The lowest BCUT2D eigenvalue weighted by Gasteiger charge is -2.29. The number of carbonyl (C=O) groups is 1. The van der Waals surface area contributed by atoms with Gasteiger partial charge in [-0.15, -0.1) is 0 Å². The van der Waals surface area contributed by atoms with Crippen molar-refractivity contribution in [3.8, 4) is 0 Å². The number of carbonyl (C=O) groups excluding carboxylic acids is 1. The molecule has 16 heavy (non-hydrogen) atoms. The standard InChI is InChI=1S/C11H19IN2O2/c1-13(2)10(15)16-8-9-4-6-11(12)5-3-7-14(9)11/h9H,3-8H2,1-2H3/t9-,11?/m0/s1. The molecule has 2 aliphatic rings. The monoisotopic (exact) mass is 338 g/mol. The summed E-state index contributed by atoms with van der Waals surface area (Å²) in [4.78, 5) is 15.4. The van der Waals surface area contributed by atoms with Crippen molar-refractivity contribution in [1.82, 2.24) is 9.80 Å². The molecule has 1 unspecified atom stereocenters. The highest BCUT2D eigenvalue weighted by atomic mass is 127. The van der Waals surface area contributed by atoms with Crippen molar-refractivity contribution < 1.29 is 9.53 Å². The van der Waals surface area contributed by atoms with Gasteiger partial charge in [-0.3, -0.25) is 4.90 Å². The zero-order valence-corrected chi connectivity index (χ0v) is 12.1. The molecular weight excluding hydrogens is 319 g/mol. The fourth-order valence-corrected chi connectivity index (χ4v) is 3.98. The van der Waals surface area contributed by atoms with Crippen molar-refractivity contribution in [3.05, 3.63) is 0 Å². The van der Waals surface area contributed by atoms with Crippen LogP contribution in [-0.4, -0.2) is 52.7 Å². The third-order valence-electron chi connectivity index (χ3n) is 3.54. The van der Waals surface area contributed by atoms with Crippen LogP contribution in [0.5, 0.6) is 0 Å². The van der Waals surface area contributed by atoms with Crippen LogP contribution in [0.15, 0.2) is 0 Å². The van der Waals surface area contributed by atoms with Gasteiger partial charge in [0.2, 0.25) is 0 Å². The van der Waals surface area contributed by atoms with Crippen LogP contribution >= 0.6 is 22.6 Å². The first-order chi connectivity index (χ1) is 7.53. The molecule has 0 spiro atoms. The number of amides is 1. The molecule has 92 valence electrons. The van der Waals surface area contributed by atoms with Crippen molar-refractivity contribution in [2.75, 3.05) is 27.2 Å². The predicted octanol–water partition coefficient (Wildman–Crippen LogP) is 2.07. The van der Waals surface area contributed by atoms with Gasteiger partial charge in [-0.25, -0.2) is 4.79 Å². The fraction of sp³-hybridized carbons (Fsp3) is 0.909. The summed E-state index contributed by atoms with van der Waals surface area (Å²) in [5.41, 5.74) is 0. The number of ether oxygens (including phenoxy) is 1. The zero-order chi connectivity index (χ0) is 11.8. The lowest BCUT2D eigenvalue weighted by Crippen LogP contribution is -2.40. The minimum absolute atomic E-state index is 0.231. The number of alkyl halides is 1. The van der Waals surface area contributed by atoms with Crippen LogP contribution in [0, 0.1) is 0 Å². The van der Waals surface area contributed by atoms with E-state index in [1.54, 1.807) is 14.1 Å². The second-order valence-electron chi connectivity index (χ2n) is 4.88. The van der Waals surface area contributed by atoms with Gasteiger partial charge in [-0.1, -0.05) is 22.6 Å². The topological polar surface area (TPSA) is 32.8 Å². The SMILES string of the molecule is CN(C)C(=O)OC[C@@H]1CCC2(I)CCCN12. The molecule has 0 aromatic carbocycles. The summed E-state index contributed by atoms with van der Waals surface area (Å²) in [7, 11) is 3.44. The summed E-state index contributed by atoms with van der Waals surface area (Å²) in [5.74, 6) is 0. The largest absolute Gasteiger partial charge is 0.448 e. The number of rotatable bonds is 2. The van der Waals surface area contributed by atoms with Crippen molar-refractivity contribution in [2.45, 2.75) is 35.3 Å². The Morgan fingerprint density at radius 2 is 2.31 bits per heavy atom. The highest BCUT2D eigenvalue weighted by molar-refractivity contribution is 14.1. The predicted molar refractivity (Wildman–Crippen MR) is 70.7 cm³/mol. The van der Waals surface area contributed by atoms with Gasteiger partial charge >= 0.3 is 6.09 Å². The Labute approximate surface area is 110 Å². The van der Waals surface area contributed by atoms with Gasteiger partial charge < -0.3 is 9.64 Å². The molecule has 0 bridgehead atoms. The zero-order valence-electron chi connectivity index (χ0n) is 9.91. The van der Waals surface area contributed by atoms with E-state index in [1.165, 1.54) is 24.2 Å². The maximum absolute atomic E-state index is 11.4. The minimum Gasteiger partial charge on any atom is -0.448 e. The van der Waals surface area contributed by atoms with E-state index in [9.17, 15) is 4.79 Å². The molecule has 5 heteroatoms. The first-order valence-electron chi connectivity index (χ1n) is 5.83. The smallest absolute Gasteiger partial charge is 0.409 e. The molecule has 2 atom stereocenters. The summed E-state index contributed by atoms with van der Waals surface area (Å²) in [5, 5.41) is 0. The number of nitrogens with zero attached hydrogens (tertiary/aromatic N) is 2. The molecule has 2 heterocycles. The molecule has 2 rings (SSSR count). The normalized spacial score (nSPS) is 33.8. The lowest BCUT2D eigenvalue weighted by atomic mass is 10.1. The molecule has 2 fully saturated rings. The Morgan fingerprint density at radius 3 is 3.00 bits per heavy atom. The van der Waals surface area contributed by atoms with Crippen molar-refractivity contribution in [1.29, 1.82) is 0 Å². The van der Waals surface area contributed by atoms with Crippen LogP contribution in [0.4, 0.5) is 4.79 Å². The lowest BCUT2D eigenvalue weighted by molar-refractivity contribution is 0.0848. The van der Waals surface area contributed by atoms with E-state index in [1.807, 2.05) is 0 Å². The van der Waals surface area contributed by atoms with Crippen LogP contribution in [0.3, 0.4) is 0 Å². The van der Waals surface area contributed by atoms with Crippen LogP contribution in [0.1, 0.15) is 25.7 Å². The molecule has 0 N–H and O–H groups in total. The van der Waals surface area contributed by atoms with Gasteiger partial charge in [0, 0.05) is 20.1 Å². The van der Waals surface area contributed by atoms with E-state index >= 15 is 0 Å². The molecule has 2 saturated heterocycles. The summed E-state index contributed by atoms with van der Waals surface area (Å²) < 4.78 is 5.64. The number of halogens is 1. The molecule has 0 aromatic heterocycles. The summed E-state index contributed by atoms with van der Waals surface area (Å²) in [6, 6.07) is 0.434. The molecule has 0 saturated carbocycles. The first kappa shape index (κ1) is 12.4. The van der Waals surface area contributed by atoms with E-state index in [-0.39, 0.29) is 6.09 Å². The van der Waals surface area contributed by atoms with E-state index in [0.29, 0.717) is 16.2 Å². The van der Waals surface area contributed by atoms with Crippen LogP contribution < -0.4 is 0 Å². The Kier molecular flexibility index (Phi) is 3.63. The Morgan fingerprint density at radius 1 is 1.56 bits per heavy atom. The highest BCUT2D eigenvalue weighted by Crippen LogP contribution is 2.46.